The minimum absolute atomic E-state index is 0.0583. The first kappa shape index (κ1) is 18.1. The zero-order chi connectivity index (χ0) is 21.2. The molecule has 1 spiro atoms. The van der Waals surface area contributed by atoms with Crippen LogP contribution in [-0.2, 0) is 5.54 Å². The van der Waals surface area contributed by atoms with Crippen molar-refractivity contribution in [1.82, 2.24) is 19.4 Å². The van der Waals surface area contributed by atoms with E-state index >= 15 is 0 Å². The summed E-state index contributed by atoms with van der Waals surface area (Å²) >= 11 is 0. The van der Waals surface area contributed by atoms with Crippen LogP contribution in [0.4, 0.5) is 0 Å². The minimum Gasteiger partial charge on any atom is -0.331 e. The molecule has 2 aliphatic rings. The van der Waals surface area contributed by atoms with E-state index in [9.17, 15) is 4.79 Å². The van der Waals surface area contributed by atoms with Gasteiger partial charge in [-0.25, -0.2) is 0 Å². The third-order valence-electron chi connectivity index (χ3n) is 6.78. The maximum absolute atomic E-state index is 13.5. The van der Waals surface area contributed by atoms with Gasteiger partial charge in [-0.3, -0.25) is 14.8 Å². The topological polar surface area (TPSA) is 51.0 Å². The summed E-state index contributed by atoms with van der Waals surface area (Å²) < 4.78 is 2.07. The zero-order valence-corrected chi connectivity index (χ0v) is 17.5. The molecule has 1 aliphatic heterocycles. The quantitative estimate of drug-likeness (QED) is 0.472. The Hall–Kier alpha value is -3.73. The molecule has 0 atom stereocenters. The first-order valence-electron chi connectivity index (χ1n) is 10.6. The molecule has 1 fully saturated rings. The van der Waals surface area contributed by atoms with Gasteiger partial charge in [0.05, 0.1) is 11.2 Å². The van der Waals surface area contributed by atoms with E-state index in [4.69, 9.17) is 0 Å². The molecule has 0 unspecified atom stereocenters. The van der Waals surface area contributed by atoms with Crippen molar-refractivity contribution in [2.75, 3.05) is 7.05 Å². The molecule has 1 aliphatic carbocycles. The Morgan fingerprint density at radius 1 is 0.968 bits per heavy atom. The fourth-order valence-electron chi connectivity index (χ4n) is 4.87. The van der Waals surface area contributed by atoms with Gasteiger partial charge in [0.25, 0.3) is 5.91 Å². The summed E-state index contributed by atoms with van der Waals surface area (Å²) in [4.78, 5) is 24.1. The maximum atomic E-state index is 13.5. The highest BCUT2D eigenvalue weighted by Gasteiger charge is 2.53. The van der Waals surface area contributed by atoms with Crippen molar-refractivity contribution in [3.63, 3.8) is 0 Å². The smallest absolute Gasteiger partial charge is 0.271 e. The van der Waals surface area contributed by atoms with Crippen LogP contribution in [0, 0.1) is 6.92 Å². The number of aromatic nitrogens is 3. The lowest BCUT2D eigenvalue weighted by Gasteiger charge is -2.27. The second-order valence-corrected chi connectivity index (χ2v) is 8.49. The fraction of sp³-hybridized carbons (Fsp3) is 0.192. The third-order valence-corrected chi connectivity index (χ3v) is 6.78. The van der Waals surface area contributed by atoms with Crippen LogP contribution in [0.3, 0.4) is 0 Å². The molecule has 4 heterocycles. The minimum atomic E-state index is -0.206. The molecule has 5 nitrogen and oxygen atoms in total. The average Bonchev–Trinajstić information content (AvgIpc) is 3.50. The van der Waals surface area contributed by atoms with Gasteiger partial charge in [0.15, 0.2) is 0 Å². The van der Waals surface area contributed by atoms with E-state index < -0.39 is 0 Å². The van der Waals surface area contributed by atoms with E-state index in [0.29, 0.717) is 5.69 Å². The van der Waals surface area contributed by atoms with Crippen LogP contribution in [0.5, 0.6) is 0 Å². The van der Waals surface area contributed by atoms with E-state index in [2.05, 4.69) is 45.0 Å². The summed E-state index contributed by atoms with van der Waals surface area (Å²) in [6.07, 6.45) is 9.47. The second kappa shape index (κ2) is 6.38. The molecule has 31 heavy (non-hydrogen) atoms. The number of fused-ring (bicyclic) bond motifs is 4. The van der Waals surface area contributed by atoms with Gasteiger partial charge in [0, 0.05) is 59.8 Å². The second-order valence-electron chi connectivity index (χ2n) is 8.49. The highest BCUT2D eigenvalue weighted by molar-refractivity contribution is 5.97. The summed E-state index contributed by atoms with van der Waals surface area (Å²) in [6.45, 7) is 2.03. The monoisotopic (exact) mass is 406 g/mol. The summed E-state index contributed by atoms with van der Waals surface area (Å²) in [7, 11) is 1.94. The lowest BCUT2D eigenvalue weighted by Crippen LogP contribution is -2.36. The first-order valence-corrected chi connectivity index (χ1v) is 10.6. The highest BCUT2D eigenvalue weighted by atomic mass is 16.2. The van der Waals surface area contributed by atoms with Gasteiger partial charge < -0.3 is 9.47 Å². The van der Waals surface area contributed by atoms with Crippen molar-refractivity contribution in [2.45, 2.75) is 25.3 Å². The Morgan fingerprint density at radius 3 is 2.55 bits per heavy atom. The number of carbonyl (C=O) groups is 1. The van der Waals surface area contributed by atoms with Gasteiger partial charge in [-0.1, -0.05) is 24.3 Å². The first-order chi connectivity index (χ1) is 15.1. The number of amides is 1. The summed E-state index contributed by atoms with van der Waals surface area (Å²) in [5.74, 6) is 0.0583. The van der Waals surface area contributed by atoms with Crippen LogP contribution in [0.15, 0.2) is 73.3 Å². The van der Waals surface area contributed by atoms with Crippen molar-refractivity contribution >= 4 is 5.91 Å². The molecule has 0 N–H and O–H groups in total. The molecule has 0 saturated heterocycles. The Labute approximate surface area is 181 Å². The van der Waals surface area contributed by atoms with E-state index in [1.807, 2.05) is 55.5 Å². The predicted molar refractivity (Wildman–Crippen MR) is 120 cm³/mol. The lowest BCUT2D eigenvalue weighted by atomic mass is 9.96. The van der Waals surface area contributed by atoms with Gasteiger partial charge in [0.2, 0.25) is 0 Å². The van der Waals surface area contributed by atoms with Crippen LogP contribution >= 0.6 is 0 Å². The largest absolute Gasteiger partial charge is 0.331 e. The molecule has 6 rings (SSSR count). The number of nitrogens with zero attached hydrogens (tertiary/aromatic N) is 4. The predicted octanol–water partition coefficient (Wildman–Crippen LogP) is 4.98. The van der Waals surface area contributed by atoms with Crippen LogP contribution in [0.25, 0.3) is 27.9 Å². The Kier molecular flexibility index (Phi) is 3.72. The average molecular weight is 406 g/mol. The molecule has 4 aromatic rings. The lowest BCUT2D eigenvalue weighted by molar-refractivity contribution is 0.0705. The van der Waals surface area contributed by atoms with Crippen molar-refractivity contribution in [3.8, 4) is 27.9 Å². The summed E-state index contributed by atoms with van der Waals surface area (Å²) in [5.41, 5.74) is 7.97. The molecular weight excluding hydrogens is 384 g/mol. The van der Waals surface area contributed by atoms with Crippen LogP contribution in [0.1, 0.15) is 34.6 Å². The van der Waals surface area contributed by atoms with E-state index in [1.165, 1.54) is 5.56 Å². The molecule has 1 aromatic carbocycles. The van der Waals surface area contributed by atoms with Crippen LogP contribution in [0.2, 0.25) is 0 Å². The molecule has 152 valence electrons. The molecular formula is C26H22N4O. The molecule has 5 heteroatoms. The van der Waals surface area contributed by atoms with Crippen molar-refractivity contribution in [1.29, 1.82) is 0 Å². The number of aryl methyl sites for hydroxylation is 1. The molecule has 3 aromatic heterocycles. The SMILES string of the molecule is Cc1ncccc1-c1ccc2c(c1)-n1cc(-c3cccnc3)cc1C(=O)N(C)C21CC1. The summed E-state index contributed by atoms with van der Waals surface area (Å²) in [5, 5.41) is 0. The standard InChI is InChI=1S/C26H22N4O/c1-17-21(6-4-12-28-17)18-7-8-22-23(13-18)30-16-20(19-5-3-11-27-15-19)14-24(30)25(31)29(2)26(22)9-10-26/h3-8,11-16H,9-10H2,1-2H3. The van der Waals surface area contributed by atoms with E-state index in [0.717, 1.165) is 46.5 Å². The molecule has 0 bridgehead atoms. The maximum Gasteiger partial charge on any atom is 0.271 e. The van der Waals surface area contributed by atoms with Crippen molar-refractivity contribution < 1.29 is 4.79 Å². The Bertz CT molecular complexity index is 1330. The number of carbonyl (C=O) groups excluding carboxylic acids is 1. The number of hydrogen-bond donors (Lipinski definition) is 0. The Morgan fingerprint density at radius 2 is 1.81 bits per heavy atom. The zero-order valence-electron chi connectivity index (χ0n) is 17.5. The number of hydrogen-bond acceptors (Lipinski definition) is 3. The van der Waals surface area contributed by atoms with Gasteiger partial charge in [-0.15, -0.1) is 0 Å². The van der Waals surface area contributed by atoms with Gasteiger partial charge in [-0.2, -0.15) is 0 Å². The normalized spacial score (nSPS) is 16.1. The van der Waals surface area contributed by atoms with E-state index in [1.54, 1.807) is 6.20 Å². The summed E-state index contributed by atoms with van der Waals surface area (Å²) in [6, 6.07) is 16.6. The van der Waals surface area contributed by atoms with Gasteiger partial charge in [0.1, 0.15) is 5.69 Å². The van der Waals surface area contributed by atoms with Crippen LogP contribution in [-0.4, -0.2) is 32.4 Å². The van der Waals surface area contributed by atoms with Gasteiger partial charge in [-0.05, 0) is 49.6 Å². The van der Waals surface area contributed by atoms with Crippen molar-refractivity contribution in [3.05, 3.63) is 90.3 Å². The fourth-order valence-corrected chi connectivity index (χ4v) is 4.87. The Balaban J connectivity index is 1.61. The number of rotatable bonds is 2. The molecule has 1 amide bonds. The molecule has 0 radical (unpaired) electrons. The van der Waals surface area contributed by atoms with Crippen LogP contribution < -0.4 is 0 Å². The third kappa shape index (κ3) is 2.59. The van der Waals surface area contributed by atoms with Gasteiger partial charge >= 0.3 is 0 Å². The number of pyridine rings is 2. The molecule has 1 saturated carbocycles. The highest BCUT2D eigenvalue weighted by Crippen LogP contribution is 2.54. The number of benzene rings is 1. The van der Waals surface area contributed by atoms with Crippen molar-refractivity contribution in [2.24, 2.45) is 0 Å². The van der Waals surface area contributed by atoms with E-state index in [-0.39, 0.29) is 11.4 Å².